The molecular formula is C11H17N3O3S. The fraction of sp³-hybridized carbons (Fsp3) is 0.545. The molecule has 1 saturated heterocycles. The van der Waals surface area contributed by atoms with Gasteiger partial charge in [-0.25, -0.2) is 13.4 Å². The molecule has 0 bridgehead atoms. The largest absolute Gasteiger partial charge is 0.384 e. The molecule has 0 radical (unpaired) electrons. The van der Waals surface area contributed by atoms with Crippen molar-refractivity contribution < 1.29 is 13.2 Å². The van der Waals surface area contributed by atoms with Crippen molar-refractivity contribution in [2.75, 3.05) is 25.5 Å². The van der Waals surface area contributed by atoms with Crippen molar-refractivity contribution in [3.05, 3.63) is 18.3 Å². The SMILES string of the molecule is CCC1COCCN1S(=O)(=O)c1ccc(N)nc1. The lowest BCUT2D eigenvalue weighted by molar-refractivity contribution is 0.0314. The van der Waals surface area contributed by atoms with Crippen molar-refractivity contribution in [2.24, 2.45) is 0 Å². The van der Waals surface area contributed by atoms with Crippen LogP contribution in [-0.2, 0) is 14.8 Å². The van der Waals surface area contributed by atoms with Gasteiger partial charge < -0.3 is 10.5 Å². The molecule has 1 unspecified atom stereocenters. The van der Waals surface area contributed by atoms with Gasteiger partial charge in [0.15, 0.2) is 0 Å². The molecule has 2 heterocycles. The number of sulfonamides is 1. The number of morpholine rings is 1. The molecule has 1 aliphatic rings. The van der Waals surface area contributed by atoms with E-state index in [9.17, 15) is 8.42 Å². The van der Waals surface area contributed by atoms with Crippen LogP contribution in [0.1, 0.15) is 13.3 Å². The molecule has 1 atom stereocenters. The molecule has 1 aromatic rings. The highest BCUT2D eigenvalue weighted by molar-refractivity contribution is 7.89. The first kappa shape index (κ1) is 13.3. The molecular weight excluding hydrogens is 254 g/mol. The highest BCUT2D eigenvalue weighted by atomic mass is 32.2. The fourth-order valence-electron chi connectivity index (χ4n) is 1.96. The van der Waals surface area contributed by atoms with Crippen molar-refractivity contribution in [3.63, 3.8) is 0 Å². The lowest BCUT2D eigenvalue weighted by atomic mass is 10.2. The third kappa shape index (κ3) is 2.47. The van der Waals surface area contributed by atoms with E-state index >= 15 is 0 Å². The Balaban J connectivity index is 2.32. The molecule has 18 heavy (non-hydrogen) atoms. The number of hydrogen-bond acceptors (Lipinski definition) is 5. The zero-order chi connectivity index (χ0) is 13.2. The maximum absolute atomic E-state index is 12.5. The maximum Gasteiger partial charge on any atom is 0.245 e. The summed E-state index contributed by atoms with van der Waals surface area (Å²) in [7, 11) is -3.50. The first-order valence-electron chi connectivity index (χ1n) is 5.87. The van der Waals surface area contributed by atoms with Crippen LogP contribution in [0.4, 0.5) is 5.82 Å². The number of pyridine rings is 1. The zero-order valence-corrected chi connectivity index (χ0v) is 11.1. The van der Waals surface area contributed by atoms with Gasteiger partial charge in [0.05, 0.1) is 13.2 Å². The summed E-state index contributed by atoms with van der Waals surface area (Å²) in [6.07, 6.45) is 2.02. The molecule has 0 aromatic carbocycles. The van der Waals surface area contributed by atoms with Gasteiger partial charge in [-0.3, -0.25) is 0 Å². The van der Waals surface area contributed by atoms with Gasteiger partial charge in [-0.1, -0.05) is 6.92 Å². The Bertz CT molecular complexity index is 501. The van der Waals surface area contributed by atoms with E-state index in [1.54, 1.807) is 0 Å². The predicted octanol–water partition coefficient (Wildman–Crippen LogP) is 0.463. The van der Waals surface area contributed by atoms with Crippen LogP contribution in [0.15, 0.2) is 23.2 Å². The van der Waals surface area contributed by atoms with Gasteiger partial charge in [0, 0.05) is 18.8 Å². The van der Waals surface area contributed by atoms with Crippen LogP contribution < -0.4 is 5.73 Å². The smallest absolute Gasteiger partial charge is 0.245 e. The van der Waals surface area contributed by atoms with Crippen molar-refractivity contribution in [1.82, 2.24) is 9.29 Å². The number of nitrogen functional groups attached to an aromatic ring is 1. The first-order valence-corrected chi connectivity index (χ1v) is 7.31. The summed E-state index contributed by atoms with van der Waals surface area (Å²) in [5.41, 5.74) is 5.46. The third-order valence-corrected chi connectivity index (χ3v) is 4.95. The Labute approximate surface area is 107 Å². The summed E-state index contributed by atoms with van der Waals surface area (Å²) >= 11 is 0. The number of hydrogen-bond donors (Lipinski definition) is 1. The van der Waals surface area contributed by atoms with Crippen LogP contribution in [0, 0.1) is 0 Å². The standard InChI is InChI=1S/C11H17N3O3S/c1-2-9-8-17-6-5-14(9)18(15,16)10-3-4-11(12)13-7-10/h3-4,7,9H,2,5-6,8H2,1H3,(H2,12,13). The molecule has 1 aromatic heterocycles. The van der Waals surface area contributed by atoms with Gasteiger partial charge >= 0.3 is 0 Å². The molecule has 0 amide bonds. The maximum atomic E-state index is 12.5. The number of nitrogens with zero attached hydrogens (tertiary/aromatic N) is 2. The molecule has 100 valence electrons. The molecule has 1 aliphatic heterocycles. The summed E-state index contributed by atoms with van der Waals surface area (Å²) in [5, 5.41) is 0. The molecule has 0 spiro atoms. The first-order chi connectivity index (χ1) is 8.55. The topological polar surface area (TPSA) is 85.5 Å². The molecule has 2 N–H and O–H groups in total. The Morgan fingerprint density at radius 3 is 2.94 bits per heavy atom. The van der Waals surface area contributed by atoms with E-state index < -0.39 is 10.0 Å². The molecule has 0 saturated carbocycles. The number of nitrogens with two attached hydrogens (primary N) is 1. The molecule has 7 heteroatoms. The van der Waals surface area contributed by atoms with Gasteiger partial charge in [0.25, 0.3) is 0 Å². The molecule has 6 nitrogen and oxygen atoms in total. The van der Waals surface area contributed by atoms with E-state index in [0.29, 0.717) is 25.6 Å². The van der Waals surface area contributed by atoms with Crippen LogP contribution in [-0.4, -0.2) is 43.5 Å². The minimum Gasteiger partial charge on any atom is -0.384 e. The monoisotopic (exact) mass is 271 g/mol. The Morgan fingerprint density at radius 2 is 2.33 bits per heavy atom. The predicted molar refractivity (Wildman–Crippen MR) is 67.4 cm³/mol. The number of aromatic nitrogens is 1. The van der Waals surface area contributed by atoms with E-state index in [2.05, 4.69) is 4.98 Å². The van der Waals surface area contributed by atoms with Crippen molar-refractivity contribution >= 4 is 15.8 Å². The van der Waals surface area contributed by atoms with Gasteiger partial charge in [-0.05, 0) is 18.6 Å². The minimum absolute atomic E-state index is 0.110. The quantitative estimate of drug-likeness (QED) is 0.863. The summed E-state index contributed by atoms with van der Waals surface area (Å²) in [5.74, 6) is 0.308. The minimum atomic E-state index is -3.50. The second-order valence-electron chi connectivity index (χ2n) is 4.17. The third-order valence-electron chi connectivity index (χ3n) is 3.01. The van der Waals surface area contributed by atoms with Gasteiger partial charge in [0.1, 0.15) is 10.7 Å². The van der Waals surface area contributed by atoms with Gasteiger partial charge in [0.2, 0.25) is 10.0 Å². The van der Waals surface area contributed by atoms with E-state index in [0.717, 1.165) is 6.42 Å². The normalized spacial score (nSPS) is 21.9. The lowest BCUT2D eigenvalue weighted by Crippen LogP contribution is -2.48. The van der Waals surface area contributed by atoms with Gasteiger partial charge in [-0.2, -0.15) is 4.31 Å². The van der Waals surface area contributed by atoms with Crippen LogP contribution in [0.3, 0.4) is 0 Å². The summed E-state index contributed by atoms with van der Waals surface area (Å²) in [6, 6.07) is 2.87. The highest BCUT2D eigenvalue weighted by Gasteiger charge is 2.33. The molecule has 0 aliphatic carbocycles. The van der Waals surface area contributed by atoms with Crippen molar-refractivity contribution in [2.45, 2.75) is 24.3 Å². The average molecular weight is 271 g/mol. The lowest BCUT2D eigenvalue weighted by Gasteiger charge is -2.33. The van der Waals surface area contributed by atoms with Crippen LogP contribution >= 0.6 is 0 Å². The van der Waals surface area contributed by atoms with E-state index in [-0.39, 0.29) is 10.9 Å². The van der Waals surface area contributed by atoms with Gasteiger partial charge in [-0.15, -0.1) is 0 Å². The summed E-state index contributed by atoms with van der Waals surface area (Å²) in [6.45, 7) is 3.20. The Hall–Kier alpha value is -1.18. The Morgan fingerprint density at radius 1 is 1.56 bits per heavy atom. The van der Waals surface area contributed by atoms with Crippen molar-refractivity contribution in [3.8, 4) is 0 Å². The second-order valence-corrected chi connectivity index (χ2v) is 6.06. The zero-order valence-electron chi connectivity index (χ0n) is 10.2. The Kier molecular flexibility index (Phi) is 3.84. The second kappa shape index (κ2) is 5.21. The number of ether oxygens (including phenoxy) is 1. The van der Waals surface area contributed by atoms with Crippen LogP contribution in [0.5, 0.6) is 0 Å². The van der Waals surface area contributed by atoms with E-state index in [4.69, 9.17) is 10.5 Å². The number of rotatable bonds is 3. The van der Waals surface area contributed by atoms with E-state index in [1.807, 2.05) is 6.92 Å². The number of anilines is 1. The average Bonchev–Trinajstić information content (AvgIpc) is 2.39. The van der Waals surface area contributed by atoms with Crippen LogP contribution in [0.25, 0.3) is 0 Å². The van der Waals surface area contributed by atoms with Crippen molar-refractivity contribution in [1.29, 1.82) is 0 Å². The highest BCUT2D eigenvalue weighted by Crippen LogP contribution is 2.21. The summed E-state index contributed by atoms with van der Waals surface area (Å²) in [4.78, 5) is 4.01. The van der Waals surface area contributed by atoms with E-state index in [1.165, 1.54) is 22.6 Å². The molecule has 2 rings (SSSR count). The summed E-state index contributed by atoms with van der Waals surface area (Å²) < 4.78 is 31.7. The molecule has 1 fully saturated rings. The van der Waals surface area contributed by atoms with Crippen LogP contribution in [0.2, 0.25) is 0 Å². The fourth-order valence-corrected chi connectivity index (χ4v) is 3.57.